The molecule has 0 fully saturated rings. The minimum Gasteiger partial charge on any atom is -0.355 e. The quantitative estimate of drug-likeness (QED) is 0.762. The van der Waals surface area contributed by atoms with Crippen molar-refractivity contribution >= 4 is 29.3 Å². The van der Waals surface area contributed by atoms with Crippen LogP contribution in [-0.2, 0) is 11.3 Å². The normalized spacial score (nSPS) is 13.4. The van der Waals surface area contributed by atoms with Gasteiger partial charge in [-0.2, -0.15) is 0 Å². The Morgan fingerprint density at radius 1 is 1.39 bits per heavy atom. The third-order valence-corrected chi connectivity index (χ3v) is 4.26. The monoisotopic (exact) mass is 338 g/mol. The Hall–Kier alpha value is -1.59. The topological polar surface area (TPSA) is 72.9 Å². The number of carbonyl (C=O) groups excluding carboxylic acids is 1. The molecular formula is C17H27ClN4O. The van der Waals surface area contributed by atoms with Gasteiger partial charge in [0, 0.05) is 13.1 Å². The Morgan fingerprint density at radius 3 is 2.78 bits per heavy atom. The number of fused-ring (bicyclic) bond motifs is 1. The smallest absolute Gasteiger partial charge is 0.237 e. The molecule has 23 heavy (non-hydrogen) atoms. The zero-order valence-electron chi connectivity index (χ0n) is 14.1. The average molecular weight is 339 g/mol. The van der Waals surface area contributed by atoms with Crippen LogP contribution < -0.4 is 11.1 Å². The summed E-state index contributed by atoms with van der Waals surface area (Å²) in [6.45, 7) is 7.54. The Bertz CT molecular complexity index is 641. The number of halogens is 1. The van der Waals surface area contributed by atoms with E-state index in [4.69, 9.17) is 5.73 Å². The molecule has 2 atom stereocenters. The van der Waals surface area contributed by atoms with Crippen LogP contribution in [0.4, 0.5) is 0 Å². The molecule has 2 unspecified atom stereocenters. The van der Waals surface area contributed by atoms with E-state index in [1.54, 1.807) is 0 Å². The van der Waals surface area contributed by atoms with Crippen molar-refractivity contribution < 1.29 is 4.79 Å². The van der Waals surface area contributed by atoms with Gasteiger partial charge in [-0.05, 0) is 31.4 Å². The van der Waals surface area contributed by atoms with Gasteiger partial charge >= 0.3 is 0 Å². The lowest BCUT2D eigenvalue weighted by atomic mass is 9.99. The van der Waals surface area contributed by atoms with Crippen LogP contribution in [0.3, 0.4) is 0 Å². The predicted molar refractivity (Wildman–Crippen MR) is 96.8 cm³/mol. The van der Waals surface area contributed by atoms with Gasteiger partial charge in [0.1, 0.15) is 5.82 Å². The average Bonchev–Trinajstić information content (AvgIpc) is 2.85. The van der Waals surface area contributed by atoms with Gasteiger partial charge in [-0.1, -0.05) is 32.4 Å². The van der Waals surface area contributed by atoms with Crippen molar-refractivity contribution in [3.8, 4) is 0 Å². The number of nitrogens with one attached hydrogen (secondary N) is 1. The van der Waals surface area contributed by atoms with E-state index in [-0.39, 0.29) is 24.2 Å². The molecule has 1 amide bonds. The number of aromatic nitrogens is 2. The number of nitrogens with zero attached hydrogens (tertiary/aromatic N) is 2. The van der Waals surface area contributed by atoms with Gasteiger partial charge in [0.05, 0.1) is 17.1 Å². The Labute approximate surface area is 144 Å². The maximum Gasteiger partial charge on any atom is 0.237 e. The van der Waals surface area contributed by atoms with Crippen molar-refractivity contribution in [3.05, 3.63) is 30.1 Å². The summed E-state index contributed by atoms with van der Waals surface area (Å²) >= 11 is 0. The minimum absolute atomic E-state index is 0. The number of amides is 1. The van der Waals surface area contributed by atoms with Crippen molar-refractivity contribution in [2.45, 2.75) is 46.2 Å². The third-order valence-electron chi connectivity index (χ3n) is 4.26. The van der Waals surface area contributed by atoms with Crippen molar-refractivity contribution in [1.29, 1.82) is 0 Å². The van der Waals surface area contributed by atoms with Gasteiger partial charge in [-0.3, -0.25) is 4.79 Å². The molecule has 0 saturated carbocycles. The molecule has 0 aliphatic carbocycles. The van der Waals surface area contributed by atoms with Crippen LogP contribution in [0, 0.1) is 12.8 Å². The summed E-state index contributed by atoms with van der Waals surface area (Å²) in [7, 11) is 0. The van der Waals surface area contributed by atoms with E-state index in [2.05, 4.69) is 20.9 Å². The fourth-order valence-electron chi connectivity index (χ4n) is 2.56. The van der Waals surface area contributed by atoms with Crippen LogP contribution in [0.5, 0.6) is 0 Å². The summed E-state index contributed by atoms with van der Waals surface area (Å²) in [6, 6.07) is 7.70. The molecule has 0 saturated heterocycles. The van der Waals surface area contributed by atoms with E-state index in [9.17, 15) is 4.79 Å². The second-order valence-corrected chi connectivity index (χ2v) is 5.86. The highest BCUT2D eigenvalue weighted by Crippen LogP contribution is 2.15. The van der Waals surface area contributed by atoms with Crippen LogP contribution in [0.25, 0.3) is 11.0 Å². The van der Waals surface area contributed by atoms with Gasteiger partial charge in [0.25, 0.3) is 0 Å². The fourth-order valence-corrected chi connectivity index (χ4v) is 2.56. The van der Waals surface area contributed by atoms with E-state index >= 15 is 0 Å². The van der Waals surface area contributed by atoms with E-state index in [1.807, 2.05) is 39.0 Å². The van der Waals surface area contributed by atoms with Gasteiger partial charge in [-0.15, -0.1) is 12.4 Å². The SMILES string of the molecule is CCC(C)C(N)C(=O)NCCCn1c(C)nc2ccccc21.Cl. The first-order valence-corrected chi connectivity index (χ1v) is 7.99. The van der Waals surface area contributed by atoms with Gasteiger partial charge in [-0.25, -0.2) is 4.98 Å². The molecule has 2 aromatic rings. The molecule has 0 aliphatic rings. The maximum atomic E-state index is 11.9. The molecule has 128 valence electrons. The highest BCUT2D eigenvalue weighted by molar-refractivity contribution is 5.85. The molecule has 6 heteroatoms. The van der Waals surface area contributed by atoms with Crippen LogP contribution in [0.15, 0.2) is 24.3 Å². The molecule has 3 N–H and O–H groups in total. The summed E-state index contributed by atoms with van der Waals surface area (Å²) in [5, 5.41) is 2.93. The first kappa shape index (κ1) is 19.5. The number of hydrogen-bond donors (Lipinski definition) is 2. The number of aryl methyl sites for hydroxylation is 2. The molecule has 0 aliphatic heterocycles. The van der Waals surface area contributed by atoms with E-state index in [0.29, 0.717) is 6.54 Å². The maximum absolute atomic E-state index is 11.9. The standard InChI is InChI=1S/C17H26N4O.ClH/c1-4-12(2)16(18)17(22)19-10-7-11-21-13(3)20-14-8-5-6-9-15(14)21;/h5-6,8-9,12,16H,4,7,10-11,18H2,1-3H3,(H,19,22);1H. The number of carbonyl (C=O) groups is 1. The van der Waals surface area contributed by atoms with Crippen LogP contribution in [-0.4, -0.2) is 28.0 Å². The van der Waals surface area contributed by atoms with Crippen molar-refractivity contribution in [3.63, 3.8) is 0 Å². The minimum atomic E-state index is -0.416. The summed E-state index contributed by atoms with van der Waals surface area (Å²) in [5.74, 6) is 1.16. The van der Waals surface area contributed by atoms with E-state index in [1.165, 1.54) is 0 Å². The summed E-state index contributed by atoms with van der Waals surface area (Å²) < 4.78 is 2.19. The number of benzene rings is 1. The molecule has 1 heterocycles. The first-order valence-electron chi connectivity index (χ1n) is 7.99. The second kappa shape index (κ2) is 8.89. The largest absolute Gasteiger partial charge is 0.355 e. The van der Waals surface area contributed by atoms with E-state index in [0.717, 1.165) is 36.2 Å². The number of imidazole rings is 1. The predicted octanol–water partition coefficient (Wildman–Crippen LogP) is 2.65. The highest BCUT2D eigenvalue weighted by atomic mass is 35.5. The fraction of sp³-hybridized carbons (Fsp3) is 0.529. The number of para-hydroxylation sites is 2. The summed E-state index contributed by atoms with van der Waals surface area (Å²) in [6.07, 6.45) is 1.77. The lowest BCUT2D eigenvalue weighted by Crippen LogP contribution is -2.44. The van der Waals surface area contributed by atoms with Crippen LogP contribution >= 0.6 is 12.4 Å². The summed E-state index contributed by atoms with van der Waals surface area (Å²) in [5.41, 5.74) is 8.08. The number of rotatable bonds is 7. The Morgan fingerprint density at radius 2 is 2.09 bits per heavy atom. The number of hydrogen-bond acceptors (Lipinski definition) is 3. The Kier molecular flexibility index (Phi) is 7.52. The molecule has 1 aromatic carbocycles. The van der Waals surface area contributed by atoms with Crippen LogP contribution in [0.1, 0.15) is 32.5 Å². The molecule has 0 spiro atoms. The van der Waals surface area contributed by atoms with Gasteiger partial charge in [0.15, 0.2) is 0 Å². The summed E-state index contributed by atoms with van der Waals surface area (Å²) in [4.78, 5) is 16.5. The molecular weight excluding hydrogens is 312 g/mol. The van der Waals surface area contributed by atoms with Crippen molar-refractivity contribution in [2.24, 2.45) is 11.7 Å². The zero-order chi connectivity index (χ0) is 16.1. The number of nitrogens with two attached hydrogens (primary N) is 1. The highest BCUT2D eigenvalue weighted by Gasteiger charge is 2.18. The van der Waals surface area contributed by atoms with Gasteiger partial charge in [0.2, 0.25) is 5.91 Å². The molecule has 1 aromatic heterocycles. The lowest BCUT2D eigenvalue weighted by Gasteiger charge is -2.17. The molecule has 0 bridgehead atoms. The first-order chi connectivity index (χ1) is 10.5. The third kappa shape index (κ3) is 4.69. The van der Waals surface area contributed by atoms with Crippen LogP contribution in [0.2, 0.25) is 0 Å². The lowest BCUT2D eigenvalue weighted by molar-refractivity contribution is -0.123. The van der Waals surface area contributed by atoms with Crippen molar-refractivity contribution in [1.82, 2.24) is 14.9 Å². The molecule has 0 radical (unpaired) electrons. The van der Waals surface area contributed by atoms with Crippen molar-refractivity contribution in [2.75, 3.05) is 6.54 Å². The van der Waals surface area contributed by atoms with Gasteiger partial charge < -0.3 is 15.6 Å². The zero-order valence-corrected chi connectivity index (χ0v) is 14.9. The van der Waals surface area contributed by atoms with E-state index < -0.39 is 6.04 Å². The Balaban J connectivity index is 0.00000264. The molecule has 5 nitrogen and oxygen atoms in total. The second-order valence-electron chi connectivity index (χ2n) is 5.86. The molecule has 2 rings (SSSR count).